The van der Waals surface area contributed by atoms with Crippen molar-refractivity contribution in [1.29, 1.82) is 0 Å². The van der Waals surface area contributed by atoms with Crippen LogP contribution in [0.3, 0.4) is 0 Å². The van der Waals surface area contributed by atoms with Gasteiger partial charge in [-0.3, -0.25) is 0 Å². The highest BCUT2D eigenvalue weighted by Crippen LogP contribution is 2.37. The number of rotatable bonds is 4. The summed E-state index contributed by atoms with van der Waals surface area (Å²) < 4.78 is 10.8. The van der Waals surface area contributed by atoms with E-state index in [1.54, 1.807) is 39.0 Å². The van der Waals surface area contributed by atoms with E-state index in [0.717, 1.165) is 0 Å². The molecule has 0 spiro atoms. The maximum atomic E-state index is 11.9. The summed E-state index contributed by atoms with van der Waals surface area (Å²) in [6.07, 6.45) is -1.31. The lowest BCUT2D eigenvalue weighted by molar-refractivity contribution is -0.0399. The average Bonchev–Trinajstić information content (AvgIpc) is 2.70. The zero-order chi connectivity index (χ0) is 14.8. The van der Waals surface area contributed by atoms with Crippen LogP contribution in [0.4, 0.5) is 0 Å². The molecule has 1 heterocycles. The fraction of sp³-hybridized carbons (Fsp3) is 0.500. The van der Waals surface area contributed by atoms with E-state index >= 15 is 0 Å². The second kappa shape index (κ2) is 5.95. The normalized spacial score (nSPS) is 33.0. The molecule has 1 aromatic rings. The van der Waals surface area contributed by atoms with Crippen LogP contribution in [0, 0.1) is 5.41 Å². The topological polar surface area (TPSA) is 76.0 Å². The molecule has 1 aliphatic heterocycles. The summed E-state index contributed by atoms with van der Waals surface area (Å²) >= 11 is 0. The van der Waals surface area contributed by atoms with Gasteiger partial charge in [0, 0.05) is 5.41 Å². The molecule has 5 nitrogen and oxygen atoms in total. The maximum absolute atomic E-state index is 11.9. The first-order valence-electron chi connectivity index (χ1n) is 6.65. The predicted octanol–water partition coefficient (Wildman–Crippen LogP) is -0.439. The van der Waals surface area contributed by atoms with Crippen molar-refractivity contribution in [2.24, 2.45) is 5.41 Å². The van der Waals surface area contributed by atoms with Gasteiger partial charge in [0.25, 0.3) is 0 Å². The molecule has 0 amide bonds. The Balaban J connectivity index is 1.99. The van der Waals surface area contributed by atoms with E-state index < -0.39 is 29.6 Å². The van der Waals surface area contributed by atoms with Crippen LogP contribution in [0.1, 0.15) is 17.3 Å². The Hall–Kier alpha value is -1.37. The van der Waals surface area contributed by atoms with Crippen LogP contribution in [0.15, 0.2) is 30.3 Å². The van der Waals surface area contributed by atoms with Crippen molar-refractivity contribution in [1.82, 2.24) is 0 Å². The van der Waals surface area contributed by atoms with Crippen molar-refractivity contribution in [2.75, 3.05) is 13.2 Å². The van der Waals surface area contributed by atoms with Crippen molar-refractivity contribution in [2.45, 2.75) is 25.1 Å². The van der Waals surface area contributed by atoms with Crippen LogP contribution in [0.25, 0.3) is 0 Å². The first kappa shape index (κ1) is 15.0. The molecule has 2 unspecified atom stereocenters. The Labute approximate surface area is 118 Å². The SMILES string of the molecule is BC1OC(COC(=O)c2ccccc2)[C@](C)(CO)[C@H]1O. The van der Waals surface area contributed by atoms with Gasteiger partial charge in [0.1, 0.15) is 20.6 Å². The van der Waals surface area contributed by atoms with Gasteiger partial charge in [0.2, 0.25) is 0 Å². The van der Waals surface area contributed by atoms with Gasteiger partial charge in [0.05, 0.1) is 24.3 Å². The van der Waals surface area contributed by atoms with Crippen LogP contribution in [-0.2, 0) is 9.47 Å². The Morgan fingerprint density at radius 2 is 2.10 bits per heavy atom. The molecule has 0 aromatic heterocycles. The quantitative estimate of drug-likeness (QED) is 0.577. The molecule has 0 saturated carbocycles. The first-order chi connectivity index (χ1) is 9.49. The highest BCUT2D eigenvalue weighted by molar-refractivity contribution is 6.11. The predicted molar refractivity (Wildman–Crippen MR) is 75.1 cm³/mol. The monoisotopic (exact) mass is 278 g/mol. The number of carbonyl (C=O) groups is 1. The zero-order valence-corrected chi connectivity index (χ0v) is 11.7. The minimum absolute atomic E-state index is 0.00614. The van der Waals surface area contributed by atoms with Crippen LogP contribution in [-0.4, -0.2) is 55.5 Å². The highest BCUT2D eigenvalue weighted by atomic mass is 16.6. The molecule has 2 N–H and O–H groups in total. The van der Waals surface area contributed by atoms with E-state index in [9.17, 15) is 15.0 Å². The molecule has 0 aliphatic carbocycles. The number of ether oxygens (including phenoxy) is 2. The van der Waals surface area contributed by atoms with Crippen molar-refractivity contribution in [3.05, 3.63) is 35.9 Å². The second-order valence-corrected chi connectivity index (χ2v) is 5.40. The third-order valence-electron chi connectivity index (χ3n) is 3.95. The van der Waals surface area contributed by atoms with E-state index in [0.29, 0.717) is 5.56 Å². The molecule has 1 fully saturated rings. The molecule has 1 aromatic carbocycles. The summed E-state index contributed by atoms with van der Waals surface area (Å²) in [5, 5.41) is 19.5. The smallest absolute Gasteiger partial charge is 0.338 e. The van der Waals surface area contributed by atoms with Gasteiger partial charge in [-0.2, -0.15) is 0 Å². The zero-order valence-electron chi connectivity index (χ0n) is 11.7. The summed E-state index contributed by atoms with van der Waals surface area (Å²) in [5.41, 5.74) is -0.360. The molecular weight excluding hydrogens is 259 g/mol. The highest BCUT2D eigenvalue weighted by Gasteiger charge is 2.51. The Kier molecular flexibility index (Phi) is 4.47. The molecule has 0 radical (unpaired) electrons. The van der Waals surface area contributed by atoms with Crippen LogP contribution >= 0.6 is 0 Å². The number of carbonyl (C=O) groups excluding carboxylic acids is 1. The Morgan fingerprint density at radius 3 is 2.70 bits per heavy atom. The van der Waals surface area contributed by atoms with E-state index in [-0.39, 0.29) is 13.2 Å². The number of aliphatic hydroxyl groups is 2. The van der Waals surface area contributed by atoms with Gasteiger partial charge in [-0.1, -0.05) is 25.1 Å². The number of aliphatic hydroxyl groups excluding tert-OH is 2. The standard InChI is InChI=1S/C14H19BO5/c1-14(8-16)10(20-12(15)11(14)17)7-19-13(18)9-5-3-2-4-6-9/h2-6,10-12,16-17H,7-8,15H2,1H3/t10?,11-,12?,14-/m0/s1. The fourth-order valence-electron chi connectivity index (χ4n) is 2.45. The van der Waals surface area contributed by atoms with E-state index in [1.165, 1.54) is 0 Å². The van der Waals surface area contributed by atoms with Crippen molar-refractivity contribution in [3.8, 4) is 0 Å². The lowest BCUT2D eigenvalue weighted by Gasteiger charge is -2.30. The summed E-state index contributed by atoms with van der Waals surface area (Å²) in [4.78, 5) is 11.9. The molecule has 4 atom stereocenters. The first-order valence-corrected chi connectivity index (χ1v) is 6.65. The fourth-order valence-corrected chi connectivity index (χ4v) is 2.45. The Morgan fingerprint density at radius 1 is 1.45 bits per heavy atom. The summed E-state index contributed by atoms with van der Waals surface area (Å²) in [5.74, 6) is -0.441. The lowest BCUT2D eigenvalue weighted by Crippen LogP contribution is -2.43. The van der Waals surface area contributed by atoms with E-state index in [1.807, 2.05) is 6.07 Å². The molecule has 108 valence electrons. The largest absolute Gasteiger partial charge is 0.459 e. The van der Waals surface area contributed by atoms with Gasteiger partial charge >= 0.3 is 5.97 Å². The molecule has 1 saturated heterocycles. The minimum Gasteiger partial charge on any atom is -0.459 e. The molecule has 1 aliphatic rings. The van der Waals surface area contributed by atoms with E-state index in [2.05, 4.69) is 0 Å². The molecule has 0 bridgehead atoms. The molecular formula is C14H19BO5. The van der Waals surface area contributed by atoms with E-state index in [4.69, 9.17) is 9.47 Å². The second-order valence-electron chi connectivity index (χ2n) is 5.40. The van der Waals surface area contributed by atoms with Crippen molar-refractivity contribution in [3.63, 3.8) is 0 Å². The number of hydrogen-bond acceptors (Lipinski definition) is 5. The Bertz CT molecular complexity index is 466. The van der Waals surface area contributed by atoms with Gasteiger partial charge in [-0.15, -0.1) is 0 Å². The lowest BCUT2D eigenvalue weighted by atomic mass is 9.76. The molecule has 6 heteroatoms. The van der Waals surface area contributed by atoms with Gasteiger partial charge < -0.3 is 19.7 Å². The van der Waals surface area contributed by atoms with Gasteiger partial charge in [-0.05, 0) is 12.1 Å². The van der Waals surface area contributed by atoms with Crippen LogP contribution in [0.5, 0.6) is 0 Å². The molecule has 2 rings (SSSR count). The third-order valence-corrected chi connectivity index (χ3v) is 3.95. The van der Waals surface area contributed by atoms with Gasteiger partial charge in [-0.25, -0.2) is 4.79 Å². The summed E-state index contributed by atoms with van der Waals surface area (Å²) in [6, 6.07) is 8.27. The maximum Gasteiger partial charge on any atom is 0.338 e. The minimum atomic E-state index is -0.823. The average molecular weight is 278 g/mol. The van der Waals surface area contributed by atoms with Crippen LogP contribution < -0.4 is 0 Å². The van der Waals surface area contributed by atoms with Crippen molar-refractivity contribution < 1.29 is 24.5 Å². The molecule has 20 heavy (non-hydrogen) atoms. The number of esters is 1. The summed E-state index contributed by atoms with van der Waals surface area (Å²) in [7, 11) is 1.73. The summed E-state index contributed by atoms with van der Waals surface area (Å²) in [6.45, 7) is 1.50. The number of benzene rings is 1. The third kappa shape index (κ3) is 2.72. The number of hydrogen-bond donors (Lipinski definition) is 2. The van der Waals surface area contributed by atoms with Gasteiger partial charge in [0.15, 0.2) is 0 Å². The van der Waals surface area contributed by atoms with Crippen molar-refractivity contribution >= 4 is 13.8 Å². The van der Waals surface area contributed by atoms with Crippen LogP contribution in [0.2, 0.25) is 0 Å².